The van der Waals surface area contributed by atoms with E-state index in [0.29, 0.717) is 6.04 Å². The van der Waals surface area contributed by atoms with E-state index < -0.39 is 0 Å². The van der Waals surface area contributed by atoms with E-state index in [-0.39, 0.29) is 0 Å². The standard InChI is InChI=1S/C10H15NOS/c1-8-6-13-7-10(8)11-9-2-4-12-5-3-9/h6-7,9,11H,2-5H2,1H3. The summed E-state index contributed by atoms with van der Waals surface area (Å²) in [5, 5.41) is 7.93. The molecule has 0 aromatic carbocycles. The Morgan fingerprint density at radius 3 is 2.77 bits per heavy atom. The van der Waals surface area contributed by atoms with Gasteiger partial charge in [0, 0.05) is 30.3 Å². The molecule has 0 saturated carbocycles. The highest BCUT2D eigenvalue weighted by Gasteiger charge is 2.13. The zero-order valence-electron chi connectivity index (χ0n) is 7.88. The number of hydrogen-bond acceptors (Lipinski definition) is 3. The normalized spacial score (nSPS) is 18.8. The molecule has 1 aromatic rings. The molecule has 1 aliphatic rings. The lowest BCUT2D eigenvalue weighted by molar-refractivity contribution is 0.0904. The number of rotatable bonds is 2. The van der Waals surface area contributed by atoms with Crippen molar-refractivity contribution in [3.63, 3.8) is 0 Å². The molecule has 2 heterocycles. The van der Waals surface area contributed by atoms with E-state index >= 15 is 0 Å². The maximum Gasteiger partial charge on any atom is 0.0485 e. The van der Waals surface area contributed by atoms with Crippen molar-refractivity contribution in [2.24, 2.45) is 0 Å². The highest BCUT2D eigenvalue weighted by Crippen LogP contribution is 2.22. The van der Waals surface area contributed by atoms with Crippen molar-refractivity contribution >= 4 is 17.0 Å². The van der Waals surface area contributed by atoms with Crippen LogP contribution in [0.5, 0.6) is 0 Å². The second kappa shape index (κ2) is 4.11. The lowest BCUT2D eigenvalue weighted by atomic mass is 10.1. The summed E-state index contributed by atoms with van der Waals surface area (Å²) >= 11 is 1.76. The van der Waals surface area contributed by atoms with Crippen LogP contribution in [0.15, 0.2) is 10.8 Å². The number of hydrogen-bond donors (Lipinski definition) is 1. The van der Waals surface area contributed by atoms with Crippen molar-refractivity contribution < 1.29 is 4.74 Å². The van der Waals surface area contributed by atoms with Crippen LogP contribution in [0, 0.1) is 6.92 Å². The van der Waals surface area contributed by atoms with Crippen molar-refractivity contribution in [3.05, 3.63) is 16.3 Å². The first kappa shape index (κ1) is 9.03. The predicted octanol–water partition coefficient (Wildman–Crippen LogP) is 2.65. The average molecular weight is 197 g/mol. The minimum atomic E-state index is 0.613. The van der Waals surface area contributed by atoms with Crippen LogP contribution in [0.4, 0.5) is 5.69 Å². The van der Waals surface area contributed by atoms with Gasteiger partial charge in [-0.05, 0) is 30.7 Å². The van der Waals surface area contributed by atoms with E-state index in [1.54, 1.807) is 11.3 Å². The number of nitrogens with one attached hydrogen (secondary N) is 1. The van der Waals surface area contributed by atoms with Crippen molar-refractivity contribution in [2.45, 2.75) is 25.8 Å². The summed E-state index contributed by atoms with van der Waals surface area (Å²) in [6.45, 7) is 3.96. The molecule has 0 bridgehead atoms. The third-order valence-electron chi connectivity index (χ3n) is 2.44. The third-order valence-corrected chi connectivity index (χ3v) is 3.30. The van der Waals surface area contributed by atoms with Crippen LogP contribution in [0.25, 0.3) is 0 Å². The summed E-state index contributed by atoms with van der Waals surface area (Å²) in [5.74, 6) is 0. The third kappa shape index (κ3) is 2.23. The van der Waals surface area contributed by atoms with Crippen LogP contribution in [-0.2, 0) is 4.74 Å². The lowest BCUT2D eigenvalue weighted by Crippen LogP contribution is -2.27. The molecule has 2 rings (SSSR count). The summed E-state index contributed by atoms with van der Waals surface area (Å²) < 4.78 is 5.31. The van der Waals surface area contributed by atoms with E-state index in [1.807, 2.05) is 0 Å². The van der Waals surface area contributed by atoms with Gasteiger partial charge in [0.15, 0.2) is 0 Å². The van der Waals surface area contributed by atoms with Crippen LogP contribution < -0.4 is 5.32 Å². The molecule has 1 fully saturated rings. The molecular weight excluding hydrogens is 182 g/mol. The first-order chi connectivity index (χ1) is 6.36. The van der Waals surface area contributed by atoms with E-state index in [0.717, 1.165) is 26.1 Å². The van der Waals surface area contributed by atoms with Crippen LogP contribution >= 0.6 is 11.3 Å². The molecular formula is C10H15NOS. The minimum Gasteiger partial charge on any atom is -0.381 e. The fraction of sp³-hybridized carbons (Fsp3) is 0.600. The van der Waals surface area contributed by atoms with Crippen molar-refractivity contribution in [1.29, 1.82) is 0 Å². The quantitative estimate of drug-likeness (QED) is 0.787. The largest absolute Gasteiger partial charge is 0.381 e. The van der Waals surface area contributed by atoms with Gasteiger partial charge < -0.3 is 10.1 Å². The van der Waals surface area contributed by atoms with Crippen molar-refractivity contribution in [2.75, 3.05) is 18.5 Å². The fourth-order valence-electron chi connectivity index (χ4n) is 1.57. The monoisotopic (exact) mass is 197 g/mol. The summed E-state index contributed by atoms with van der Waals surface area (Å²) in [6.07, 6.45) is 2.27. The second-order valence-electron chi connectivity index (χ2n) is 3.50. The molecule has 0 radical (unpaired) electrons. The predicted molar refractivity (Wildman–Crippen MR) is 56.5 cm³/mol. The molecule has 0 spiro atoms. The molecule has 0 atom stereocenters. The number of anilines is 1. The minimum absolute atomic E-state index is 0.613. The lowest BCUT2D eigenvalue weighted by Gasteiger charge is -2.23. The molecule has 0 unspecified atom stereocenters. The number of ether oxygens (including phenoxy) is 1. The molecule has 1 aromatic heterocycles. The van der Waals surface area contributed by atoms with Gasteiger partial charge in [-0.1, -0.05) is 0 Å². The van der Waals surface area contributed by atoms with E-state index in [2.05, 4.69) is 23.0 Å². The van der Waals surface area contributed by atoms with Gasteiger partial charge in [0.05, 0.1) is 0 Å². The van der Waals surface area contributed by atoms with Crippen LogP contribution in [-0.4, -0.2) is 19.3 Å². The molecule has 3 heteroatoms. The van der Waals surface area contributed by atoms with Gasteiger partial charge in [0.25, 0.3) is 0 Å². The van der Waals surface area contributed by atoms with Gasteiger partial charge in [-0.15, -0.1) is 11.3 Å². The zero-order valence-corrected chi connectivity index (χ0v) is 8.69. The van der Waals surface area contributed by atoms with Gasteiger partial charge in [-0.2, -0.15) is 0 Å². The van der Waals surface area contributed by atoms with Gasteiger partial charge in [-0.3, -0.25) is 0 Å². The Bertz CT molecular complexity index is 266. The van der Waals surface area contributed by atoms with Crippen LogP contribution in [0.2, 0.25) is 0 Å². The molecule has 0 aliphatic carbocycles. The second-order valence-corrected chi connectivity index (χ2v) is 4.24. The van der Waals surface area contributed by atoms with E-state index in [9.17, 15) is 0 Å². The average Bonchev–Trinajstić information content (AvgIpc) is 2.54. The van der Waals surface area contributed by atoms with Crippen LogP contribution in [0.3, 0.4) is 0 Å². The number of thiophene rings is 1. The highest BCUT2D eigenvalue weighted by molar-refractivity contribution is 7.08. The Morgan fingerprint density at radius 2 is 2.15 bits per heavy atom. The van der Waals surface area contributed by atoms with E-state index in [1.165, 1.54) is 11.3 Å². The van der Waals surface area contributed by atoms with Gasteiger partial charge in [0.1, 0.15) is 0 Å². The Balaban J connectivity index is 1.93. The Kier molecular flexibility index (Phi) is 2.86. The smallest absolute Gasteiger partial charge is 0.0485 e. The topological polar surface area (TPSA) is 21.3 Å². The Labute approximate surface area is 82.9 Å². The summed E-state index contributed by atoms with van der Waals surface area (Å²) in [5.41, 5.74) is 2.66. The molecule has 1 aliphatic heterocycles. The fourth-order valence-corrected chi connectivity index (χ4v) is 2.36. The summed E-state index contributed by atoms with van der Waals surface area (Å²) in [4.78, 5) is 0. The molecule has 0 amide bonds. The molecule has 2 nitrogen and oxygen atoms in total. The Morgan fingerprint density at radius 1 is 1.38 bits per heavy atom. The SMILES string of the molecule is Cc1cscc1NC1CCOCC1. The maximum atomic E-state index is 5.31. The van der Waals surface area contributed by atoms with Crippen molar-refractivity contribution in [1.82, 2.24) is 0 Å². The maximum absolute atomic E-state index is 5.31. The van der Waals surface area contributed by atoms with E-state index in [4.69, 9.17) is 4.74 Å². The summed E-state index contributed by atoms with van der Waals surface area (Å²) in [6, 6.07) is 0.613. The van der Waals surface area contributed by atoms with Gasteiger partial charge in [-0.25, -0.2) is 0 Å². The highest BCUT2D eigenvalue weighted by atomic mass is 32.1. The van der Waals surface area contributed by atoms with Gasteiger partial charge in [0.2, 0.25) is 0 Å². The molecule has 1 saturated heterocycles. The number of aryl methyl sites for hydroxylation is 1. The van der Waals surface area contributed by atoms with Gasteiger partial charge >= 0.3 is 0 Å². The molecule has 1 N–H and O–H groups in total. The first-order valence-electron chi connectivity index (χ1n) is 4.73. The summed E-state index contributed by atoms with van der Waals surface area (Å²) in [7, 11) is 0. The van der Waals surface area contributed by atoms with Crippen LogP contribution in [0.1, 0.15) is 18.4 Å². The zero-order chi connectivity index (χ0) is 9.10. The molecule has 13 heavy (non-hydrogen) atoms. The van der Waals surface area contributed by atoms with Crippen molar-refractivity contribution in [3.8, 4) is 0 Å². The Hall–Kier alpha value is -0.540. The first-order valence-corrected chi connectivity index (χ1v) is 5.67. The molecule has 72 valence electrons.